The van der Waals surface area contributed by atoms with Crippen molar-refractivity contribution in [3.8, 4) is 6.01 Å². The van der Waals surface area contributed by atoms with Gasteiger partial charge in [0.05, 0.1) is 5.56 Å². The number of nitrogens with one attached hydrogen (secondary N) is 3. The smallest absolute Gasteiger partial charge is 0.422 e. The van der Waals surface area contributed by atoms with Gasteiger partial charge >= 0.3 is 18.4 Å². The molecule has 0 aliphatic carbocycles. The number of benzene rings is 1. The minimum atomic E-state index is -4.66. The van der Waals surface area contributed by atoms with Crippen LogP contribution in [0.15, 0.2) is 24.3 Å². The Kier molecular flexibility index (Phi) is 7.83. The van der Waals surface area contributed by atoms with Crippen LogP contribution in [0.2, 0.25) is 0 Å². The first-order valence-electron chi connectivity index (χ1n) is 8.87. The molecule has 1 aromatic carbocycles. The summed E-state index contributed by atoms with van der Waals surface area (Å²) in [5.41, 5.74) is -1.00. The Morgan fingerprint density at radius 1 is 1.06 bits per heavy atom. The van der Waals surface area contributed by atoms with Crippen LogP contribution in [0.5, 0.6) is 6.01 Å². The molecular weight excluding hydrogens is 434 g/mol. The Hall–Kier alpha value is -3.32. The molecule has 0 atom stereocenters. The zero-order valence-electron chi connectivity index (χ0n) is 16.1. The molecule has 170 valence electrons. The van der Waals surface area contributed by atoms with Crippen LogP contribution in [-0.4, -0.2) is 46.7 Å². The van der Waals surface area contributed by atoms with Gasteiger partial charge in [-0.15, -0.1) is 0 Å². The summed E-state index contributed by atoms with van der Waals surface area (Å²) < 4.78 is 80.4. The predicted molar refractivity (Wildman–Crippen MR) is 97.9 cm³/mol. The highest BCUT2D eigenvalue weighted by Crippen LogP contribution is 2.31. The second kappa shape index (κ2) is 10.1. The van der Waals surface area contributed by atoms with E-state index in [1.54, 1.807) is 6.92 Å². The molecule has 0 unspecified atom stereocenters. The lowest BCUT2D eigenvalue weighted by Gasteiger charge is -2.13. The van der Waals surface area contributed by atoms with Gasteiger partial charge in [-0.2, -0.15) is 41.3 Å². The van der Waals surface area contributed by atoms with Crippen molar-refractivity contribution < 1.29 is 35.9 Å². The topological polar surface area (TPSA) is 101 Å². The van der Waals surface area contributed by atoms with Crippen LogP contribution >= 0.6 is 0 Å². The number of rotatable bonds is 9. The number of aromatic nitrogens is 3. The lowest BCUT2D eigenvalue weighted by atomic mass is 10.2. The van der Waals surface area contributed by atoms with E-state index < -0.39 is 30.5 Å². The molecule has 0 fully saturated rings. The first kappa shape index (κ1) is 24.0. The molecule has 0 aliphatic rings. The van der Waals surface area contributed by atoms with Crippen molar-refractivity contribution in [3.05, 3.63) is 29.8 Å². The molecule has 0 saturated heterocycles. The van der Waals surface area contributed by atoms with Crippen LogP contribution in [0.4, 0.5) is 43.9 Å². The summed E-state index contributed by atoms with van der Waals surface area (Å²) in [4.78, 5) is 22.7. The summed E-state index contributed by atoms with van der Waals surface area (Å²) >= 11 is 0. The molecule has 0 saturated carbocycles. The van der Waals surface area contributed by atoms with Crippen LogP contribution in [0.3, 0.4) is 0 Å². The SMILES string of the molecule is CCNC(=O)CCNc1nc(Nc2cccc(C(F)(F)F)c2)nc(OCC(F)(F)F)n1. The average Bonchev–Trinajstić information content (AvgIpc) is 2.65. The number of carbonyl (C=O) groups excluding carboxylic acids is 1. The lowest BCUT2D eigenvalue weighted by molar-refractivity contribution is -0.154. The molecule has 3 N–H and O–H groups in total. The first-order valence-corrected chi connectivity index (χ1v) is 8.87. The van der Waals surface area contributed by atoms with Crippen LogP contribution in [0, 0.1) is 0 Å². The zero-order valence-corrected chi connectivity index (χ0v) is 16.1. The third-order valence-electron chi connectivity index (χ3n) is 3.43. The van der Waals surface area contributed by atoms with Gasteiger partial charge in [-0.25, -0.2) is 0 Å². The molecule has 31 heavy (non-hydrogen) atoms. The maximum Gasteiger partial charge on any atom is 0.422 e. The maximum absolute atomic E-state index is 12.9. The average molecular weight is 452 g/mol. The highest BCUT2D eigenvalue weighted by molar-refractivity contribution is 5.76. The molecule has 14 heteroatoms. The highest BCUT2D eigenvalue weighted by Gasteiger charge is 2.31. The number of ether oxygens (including phenoxy) is 1. The van der Waals surface area contributed by atoms with Gasteiger partial charge in [0.2, 0.25) is 17.8 Å². The van der Waals surface area contributed by atoms with E-state index in [4.69, 9.17) is 0 Å². The van der Waals surface area contributed by atoms with Gasteiger partial charge in [0.15, 0.2) is 6.61 Å². The van der Waals surface area contributed by atoms with Crippen LogP contribution in [0.25, 0.3) is 0 Å². The second-order valence-electron chi connectivity index (χ2n) is 6.00. The second-order valence-corrected chi connectivity index (χ2v) is 6.00. The summed E-state index contributed by atoms with van der Waals surface area (Å²) in [5, 5.41) is 7.66. The summed E-state index contributed by atoms with van der Waals surface area (Å²) in [5.74, 6) is -0.863. The van der Waals surface area contributed by atoms with E-state index in [0.29, 0.717) is 6.54 Å². The van der Waals surface area contributed by atoms with Crippen molar-refractivity contribution in [1.82, 2.24) is 20.3 Å². The minimum absolute atomic E-state index is 0.0225. The fraction of sp³-hybridized carbons (Fsp3) is 0.412. The van der Waals surface area contributed by atoms with Crippen molar-refractivity contribution in [2.24, 2.45) is 0 Å². The number of alkyl halides is 6. The summed E-state index contributed by atoms with van der Waals surface area (Å²) in [6.07, 6.45) is -9.23. The van der Waals surface area contributed by atoms with Crippen molar-refractivity contribution in [2.45, 2.75) is 25.7 Å². The van der Waals surface area contributed by atoms with Crippen molar-refractivity contribution in [3.63, 3.8) is 0 Å². The van der Waals surface area contributed by atoms with Gasteiger partial charge in [-0.1, -0.05) is 6.07 Å². The maximum atomic E-state index is 12.9. The van der Waals surface area contributed by atoms with Gasteiger partial charge in [0.25, 0.3) is 0 Å². The number of carbonyl (C=O) groups is 1. The van der Waals surface area contributed by atoms with Gasteiger partial charge in [0, 0.05) is 25.2 Å². The molecular formula is C17H18F6N6O2. The normalized spacial score (nSPS) is 11.7. The predicted octanol–water partition coefficient (Wildman–Crippen LogP) is 3.51. The molecule has 1 amide bonds. The Bertz CT molecular complexity index is 890. The van der Waals surface area contributed by atoms with Gasteiger partial charge in [-0.05, 0) is 25.1 Å². The lowest BCUT2D eigenvalue weighted by Crippen LogP contribution is -2.25. The molecule has 8 nitrogen and oxygen atoms in total. The van der Waals surface area contributed by atoms with E-state index in [-0.39, 0.29) is 36.5 Å². The van der Waals surface area contributed by atoms with E-state index in [9.17, 15) is 31.1 Å². The summed E-state index contributed by atoms with van der Waals surface area (Å²) in [7, 11) is 0. The first-order chi connectivity index (χ1) is 14.5. The van der Waals surface area contributed by atoms with E-state index in [2.05, 4.69) is 35.6 Å². The van der Waals surface area contributed by atoms with E-state index in [1.807, 2.05) is 0 Å². The number of anilines is 3. The summed E-state index contributed by atoms with van der Waals surface area (Å²) in [6, 6.07) is 3.35. The molecule has 2 rings (SSSR count). The highest BCUT2D eigenvalue weighted by atomic mass is 19.4. The zero-order chi connectivity index (χ0) is 23.1. The number of hydrogen-bond donors (Lipinski definition) is 3. The van der Waals surface area contributed by atoms with Crippen LogP contribution in [0.1, 0.15) is 18.9 Å². The monoisotopic (exact) mass is 452 g/mol. The third kappa shape index (κ3) is 8.52. The molecule has 1 heterocycles. The van der Waals surface area contributed by atoms with Crippen LogP contribution < -0.4 is 20.7 Å². The van der Waals surface area contributed by atoms with E-state index >= 15 is 0 Å². The standard InChI is InChI=1S/C17H18F6N6O2/c1-2-24-12(30)6-7-25-13-27-14(29-15(28-13)31-9-16(18,19)20)26-11-5-3-4-10(8-11)17(21,22)23/h3-5,8H,2,6-7,9H2,1H3,(H,24,30)(H2,25,26,27,28,29). The molecule has 0 aliphatic heterocycles. The molecule has 1 aromatic heterocycles. The molecule has 0 radical (unpaired) electrons. The van der Waals surface area contributed by atoms with Crippen LogP contribution in [-0.2, 0) is 11.0 Å². The number of halogens is 6. The molecule has 0 bridgehead atoms. The number of hydrogen-bond acceptors (Lipinski definition) is 7. The molecule has 2 aromatic rings. The van der Waals surface area contributed by atoms with Gasteiger partial charge < -0.3 is 20.7 Å². The number of amides is 1. The van der Waals surface area contributed by atoms with E-state index in [0.717, 1.165) is 18.2 Å². The minimum Gasteiger partial charge on any atom is -0.454 e. The van der Waals surface area contributed by atoms with Gasteiger partial charge in [0.1, 0.15) is 0 Å². The largest absolute Gasteiger partial charge is 0.454 e. The Morgan fingerprint density at radius 3 is 2.42 bits per heavy atom. The van der Waals surface area contributed by atoms with Gasteiger partial charge in [-0.3, -0.25) is 4.79 Å². The van der Waals surface area contributed by atoms with Crippen molar-refractivity contribution in [2.75, 3.05) is 30.3 Å². The number of nitrogens with zero attached hydrogens (tertiary/aromatic N) is 3. The fourth-order valence-electron chi connectivity index (χ4n) is 2.18. The Labute approximate surface area is 172 Å². The quantitative estimate of drug-likeness (QED) is 0.501. The Balaban J connectivity index is 2.21. The third-order valence-corrected chi connectivity index (χ3v) is 3.43. The van der Waals surface area contributed by atoms with Crippen molar-refractivity contribution in [1.29, 1.82) is 0 Å². The van der Waals surface area contributed by atoms with Crippen molar-refractivity contribution >= 4 is 23.5 Å². The van der Waals surface area contributed by atoms with E-state index in [1.165, 1.54) is 6.07 Å². The fourth-order valence-corrected chi connectivity index (χ4v) is 2.18. The Morgan fingerprint density at radius 2 is 1.77 bits per heavy atom. The molecule has 0 spiro atoms. The summed E-state index contributed by atoms with van der Waals surface area (Å²) in [6.45, 7) is 0.508.